The first-order chi connectivity index (χ1) is 25.8. The molecule has 0 radical (unpaired) electrons. The first-order valence-electron chi connectivity index (χ1n) is 17.8. The van der Waals surface area contributed by atoms with Gasteiger partial charge < -0.3 is 4.57 Å². The van der Waals surface area contributed by atoms with Crippen molar-refractivity contribution in [3.63, 3.8) is 0 Å². The van der Waals surface area contributed by atoms with Crippen LogP contribution in [0.25, 0.3) is 93.6 Å². The van der Waals surface area contributed by atoms with E-state index < -0.39 is 0 Å². The Bertz CT molecular complexity index is 3250. The lowest BCUT2D eigenvalue weighted by molar-refractivity contribution is 1.03. The molecule has 1 aliphatic rings. The molecule has 0 atom stereocenters. The summed E-state index contributed by atoms with van der Waals surface area (Å²) < 4.78 is 7.41. The highest BCUT2D eigenvalue weighted by molar-refractivity contribution is 7.99. The van der Waals surface area contributed by atoms with Gasteiger partial charge in [-0.2, -0.15) is 0 Å². The predicted octanol–water partition coefficient (Wildman–Crippen LogP) is 13.1. The SMILES string of the molecule is c1ccc(-n2c3cccc(-c4ccc(-n5c6ccccc6c6c7ccccc7ccc65)cc4)c3c3c4cccc5c4n(c32)-c2ccccc2S5)cc1. The number of aromatic nitrogens is 3. The second kappa shape index (κ2) is 10.5. The summed E-state index contributed by atoms with van der Waals surface area (Å²) in [6, 6.07) is 64.5. The van der Waals surface area contributed by atoms with Crippen LogP contribution in [0, 0.1) is 0 Å². The highest BCUT2D eigenvalue weighted by Crippen LogP contribution is 2.51. The summed E-state index contributed by atoms with van der Waals surface area (Å²) in [5.74, 6) is 0. The third kappa shape index (κ3) is 3.71. The Kier molecular flexibility index (Phi) is 5.71. The summed E-state index contributed by atoms with van der Waals surface area (Å²) >= 11 is 1.87. The van der Waals surface area contributed by atoms with Crippen LogP contribution in [0.5, 0.6) is 0 Å². The molecule has 0 saturated carbocycles. The van der Waals surface area contributed by atoms with E-state index in [9.17, 15) is 0 Å². The van der Waals surface area contributed by atoms with E-state index in [4.69, 9.17) is 0 Å². The lowest BCUT2D eigenvalue weighted by Crippen LogP contribution is -2.05. The van der Waals surface area contributed by atoms with Crippen molar-refractivity contribution in [2.24, 2.45) is 0 Å². The molecular formula is C48H29N3S. The lowest BCUT2D eigenvalue weighted by Gasteiger charge is -2.21. The van der Waals surface area contributed by atoms with Gasteiger partial charge >= 0.3 is 0 Å². The molecule has 0 bridgehead atoms. The molecule has 52 heavy (non-hydrogen) atoms. The van der Waals surface area contributed by atoms with Crippen LogP contribution in [0.3, 0.4) is 0 Å². The van der Waals surface area contributed by atoms with Crippen LogP contribution in [-0.2, 0) is 0 Å². The minimum Gasteiger partial charge on any atom is -0.309 e. The largest absolute Gasteiger partial charge is 0.309 e. The second-order valence-corrected chi connectivity index (χ2v) is 14.8. The van der Waals surface area contributed by atoms with Crippen molar-refractivity contribution >= 4 is 77.2 Å². The van der Waals surface area contributed by atoms with Gasteiger partial charge in [0.15, 0.2) is 0 Å². The van der Waals surface area contributed by atoms with E-state index in [-0.39, 0.29) is 0 Å². The van der Waals surface area contributed by atoms with E-state index in [0.717, 1.165) is 11.4 Å². The zero-order chi connectivity index (χ0) is 33.9. The van der Waals surface area contributed by atoms with Gasteiger partial charge in [-0.3, -0.25) is 9.13 Å². The molecule has 0 N–H and O–H groups in total. The number of fused-ring (bicyclic) bond motifs is 12. The van der Waals surface area contributed by atoms with Gasteiger partial charge in [-0.05, 0) is 82.6 Å². The fourth-order valence-corrected chi connectivity index (χ4v) is 10.00. The van der Waals surface area contributed by atoms with Gasteiger partial charge in [0.25, 0.3) is 0 Å². The van der Waals surface area contributed by atoms with Gasteiger partial charge in [-0.1, -0.05) is 127 Å². The molecule has 11 aromatic rings. The highest BCUT2D eigenvalue weighted by atomic mass is 32.2. The zero-order valence-electron chi connectivity index (χ0n) is 28.0. The van der Waals surface area contributed by atoms with Gasteiger partial charge in [0.05, 0.1) is 27.8 Å². The van der Waals surface area contributed by atoms with Gasteiger partial charge in [0, 0.05) is 48.1 Å². The molecule has 242 valence electrons. The average Bonchev–Trinajstić information content (AvgIpc) is 3.85. The standard InChI is InChI=1S/C48H29N3S/c1-2-13-32(14-3-1)50-40-21-10-17-35(45(40)46-37-18-11-23-43-47(37)51(48(46)50)39-20-8-9-22-42(39)52-43)31-24-27-33(28-25-31)49-38-19-7-6-16-36(38)44-34-15-5-4-12-30(34)26-29-41(44)49/h1-29H. The maximum Gasteiger partial charge on any atom is 0.131 e. The summed E-state index contributed by atoms with van der Waals surface area (Å²) in [6.45, 7) is 0. The van der Waals surface area contributed by atoms with Crippen molar-refractivity contribution in [1.29, 1.82) is 0 Å². The Hall–Kier alpha value is -6.49. The second-order valence-electron chi connectivity index (χ2n) is 13.7. The number of hydrogen-bond donors (Lipinski definition) is 0. The van der Waals surface area contributed by atoms with E-state index in [0.29, 0.717) is 0 Å². The molecule has 4 heteroatoms. The fraction of sp³-hybridized carbons (Fsp3) is 0. The Morgan fingerprint density at radius 2 is 1.04 bits per heavy atom. The minimum atomic E-state index is 1.16. The van der Waals surface area contributed by atoms with Crippen LogP contribution in [0.2, 0.25) is 0 Å². The quantitative estimate of drug-likeness (QED) is 0.181. The smallest absolute Gasteiger partial charge is 0.131 e. The molecule has 0 unspecified atom stereocenters. The summed E-state index contributed by atoms with van der Waals surface area (Å²) in [4.78, 5) is 2.57. The molecule has 4 heterocycles. The molecule has 3 aromatic heterocycles. The van der Waals surface area contributed by atoms with Crippen molar-refractivity contribution < 1.29 is 0 Å². The summed E-state index contributed by atoms with van der Waals surface area (Å²) in [5, 5.41) is 9.00. The normalized spacial score (nSPS) is 12.5. The number of para-hydroxylation sites is 4. The molecule has 0 aliphatic carbocycles. The third-order valence-corrected chi connectivity index (χ3v) is 12.1. The Balaban J connectivity index is 1.14. The van der Waals surface area contributed by atoms with Gasteiger partial charge in [0.2, 0.25) is 0 Å². The Labute approximate surface area is 303 Å². The van der Waals surface area contributed by atoms with Crippen LogP contribution in [-0.4, -0.2) is 13.7 Å². The Morgan fingerprint density at radius 1 is 0.365 bits per heavy atom. The van der Waals surface area contributed by atoms with Crippen LogP contribution in [0.1, 0.15) is 0 Å². The highest BCUT2D eigenvalue weighted by Gasteiger charge is 2.28. The van der Waals surface area contributed by atoms with Crippen LogP contribution in [0.4, 0.5) is 0 Å². The van der Waals surface area contributed by atoms with Gasteiger partial charge in [-0.15, -0.1) is 0 Å². The zero-order valence-corrected chi connectivity index (χ0v) is 28.8. The van der Waals surface area contributed by atoms with Gasteiger partial charge in [-0.25, -0.2) is 0 Å². The molecule has 0 spiro atoms. The average molecular weight is 680 g/mol. The molecule has 0 fully saturated rings. The molecule has 3 nitrogen and oxygen atoms in total. The topological polar surface area (TPSA) is 14.8 Å². The molecule has 1 aliphatic heterocycles. The van der Waals surface area contributed by atoms with Crippen LogP contribution in [0.15, 0.2) is 186 Å². The maximum absolute atomic E-state index is 2.51. The van der Waals surface area contributed by atoms with E-state index in [1.54, 1.807) is 0 Å². The third-order valence-electron chi connectivity index (χ3n) is 11.0. The minimum absolute atomic E-state index is 1.16. The summed E-state index contributed by atoms with van der Waals surface area (Å²) in [6.07, 6.45) is 0. The van der Waals surface area contributed by atoms with Gasteiger partial charge in [0.1, 0.15) is 5.65 Å². The molecular weight excluding hydrogens is 651 g/mol. The van der Waals surface area contributed by atoms with E-state index in [1.807, 2.05) is 11.8 Å². The van der Waals surface area contributed by atoms with Crippen molar-refractivity contribution in [3.05, 3.63) is 176 Å². The van der Waals surface area contributed by atoms with E-state index in [2.05, 4.69) is 190 Å². The Morgan fingerprint density at radius 3 is 1.94 bits per heavy atom. The van der Waals surface area contributed by atoms with Crippen molar-refractivity contribution in [3.8, 4) is 28.2 Å². The number of nitrogens with zero attached hydrogens (tertiary/aromatic N) is 3. The summed E-state index contributed by atoms with van der Waals surface area (Å²) in [5.41, 5.74) is 12.1. The summed E-state index contributed by atoms with van der Waals surface area (Å²) in [7, 11) is 0. The number of benzene rings is 8. The number of hydrogen-bond acceptors (Lipinski definition) is 1. The van der Waals surface area contributed by atoms with Crippen molar-refractivity contribution in [1.82, 2.24) is 13.7 Å². The monoisotopic (exact) mass is 679 g/mol. The van der Waals surface area contributed by atoms with Crippen molar-refractivity contribution in [2.75, 3.05) is 0 Å². The first kappa shape index (κ1) is 28.2. The molecule has 0 saturated heterocycles. The lowest BCUT2D eigenvalue weighted by atomic mass is 9.98. The van der Waals surface area contributed by atoms with Crippen LogP contribution < -0.4 is 0 Å². The van der Waals surface area contributed by atoms with Crippen LogP contribution >= 0.6 is 11.8 Å². The first-order valence-corrected chi connectivity index (χ1v) is 18.6. The molecule has 12 rings (SSSR count). The predicted molar refractivity (Wildman–Crippen MR) is 219 cm³/mol. The molecule has 8 aromatic carbocycles. The maximum atomic E-state index is 2.51. The van der Waals surface area contributed by atoms with E-state index >= 15 is 0 Å². The van der Waals surface area contributed by atoms with E-state index in [1.165, 1.54) is 92.0 Å². The molecule has 0 amide bonds. The number of rotatable bonds is 3. The van der Waals surface area contributed by atoms with Crippen molar-refractivity contribution in [2.45, 2.75) is 9.79 Å². The fourth-order valence-electron chi connectivity index (χ4n) is 8.90.